The predicted molar refractivity (Wildman–Crippen MR) is 82.2 cm³/mol. The molecule has 1 aromatic carbocycles. The Morgan fingerprint density at radius 1 is 1.24 bits per heavy atom. The highest BCUT2D eigenvalue weighted by atomic mass is 35.5. The molecule has 1 aromatic heterocycles. The van der Waals surface area contributed by atoms with Gasteiger partial charge in [0, 0.05) is 10.9 Å². The smallest absolute Gasteiger partial charge is 0.248 e. The normalized spacial score (nSPS) is 24.0. The molecule has 0 unspecified atom stereocenters. The molecule has 1 atom stereocenters. The standard InChI is InChI=1S/C16H20ClN3O/c1-10-6-8-11(9-7-10)15-19-16(21-20-15)14(18)12-4-2-3-5-13(12)17/h2-5,10-11,14H,6-9,18H2,1H3/t10?,11?,14-/m1/s1. The van der Waals surface area contributed by atoms with E-state index in [1.165, 1.54) is 12.8 Å². The van der Waals surface area contributed by atoms with E-state index in [0.29, 0.717) is 16.8 Å². The first-order valence-corrected chi connectivity index (χ1v) is 7.86. The van der Waals surface area contributed by atoms with Gasteiger partial charge in [-0.1, -0.05) is 54.7 Å². The number of halogens is 1. The maximum atomic E-state index is 6.20. The molecule has 4 nitrogen and oxygen atoms in total. The van der Waals surface area contributed by atoms with Crippen molar-refractivity contribution < 1.29 is 4.52 Å². The average molecular weight is 306 g/mol. The summed E-state index contributed by atoms with van der Waals surface area (Å²) < 4.78 is 5.37. The molecule has 1 heterocycles. The minimum Gasteiger partial charge on any atom is -0.337 e. The van der Waals surface area contributed by atoms with Crippen LogP contribution in [0.3, 0.4) is 0 Å². The molecule has 0 amide bonds. The van der Waals surface area contributed by atoms with E-state index in [0.717, 1.165) is 30.1 Å². The van der Waals surface area contributed by atoms with Gasteiger partial charge in [-0.25, -0.2) is 0 Å². The van der Waals surface area contributed by atoms with Gasteiger partial charge in [-0.3, -0.25) is 0 Å². The summed E-state index contributed by atoms with van der Waals surface area (Å²) in [6.45, 7) is 2.30. The number of hydrogen-bond donors (Lipinski definition) is 1. The first-order valence-electron chi connectivity index (χ1n) is 7.48. The first kappa shape index (κ1) is 14.5. The second-order valence-corrected chi connectivity index (χ2v) is 6.35. The van der Waals surface area contributed by atoms with Crippen molar-refractivity contribution >= 4 is 11.6 Å². The van der Waals surface area contributed by atoms with Crippen molar-refractivity contribution in [1.82, 2.24) is 10.1 Å². The Morgan fingerprint density at radius 3 is 2.67 bits per heavy atom. The maximum absolute atomic E-state index is 6.20. The van der Waals surface area contributed by atoms with Crippen molar-refractivity contribution in [2.24, 2.45) is 11.7 Å². The third-order valence-electron chi connectivity index (χ3n) is 4.34. The molecule has 1 saturated carbocycles. The van der Waals surface area contributed by atoms with Crippen LogP contribution in [-0.2, 0) is 0 Å². The van der Waals surface area contributed by atoms with Gasteiger partial charge in [0.25, 0.3) is 0 Å². The van der Waals surface area contributed by atoms with E-state index >= 15 is 0 Å². The third kappa shape index (κ3) is 3.11. The summed E-state index contributed by atoms with van der Waals surface area (Å²) in [5, 5.41) is 4.75. The van der Waals surface area contributed by atoms with Crippen LogP contribution in [0.1, 0.15) is 61.8 Å². The molecule has 0 aliphatic heterocycles. The summed E-state index contributed by atoms with van der Waals surface area (Å²) in [6.07, 6.45) is 4.71. The summed E-state index contributed by atoms with van der Waals surface area (Å²) >= 11 is 6.17. The van der Waals surface area contributed by atoms with Gasteiger partial charge in [0.2, 0.25) is 5.89 Å². The minimum atomic E-state index is -0.470. The highest BCUT2D eigenvalue weighted by Crippen LogP contribution is 2.35. The third-order valence-corrected chi connectivity index (χ3v) is 4.69. The van der Waals surface area contributed by atoms with Gasteiger partial charge in [-0.15, -0.1) is 0 Å². The average Bonchev–Trinajstić information content (AvgIpc) is 2.98. The Balaban J connectivity index is 1.77. The summed E-state index contributed by atoms with van der Waals surface area (Å²) in [6, 6.07) is 7.01. The quantitative estimate of drug-likeness (QED) is 0.928. The van der Waals surface area contributed by atoms with Crippen LogP contribution in [0.4, 0.5) is 0 Å². The Morgan fingerprint density at radius 2 is 1.95 bits per heavy atom. The second kappa shape index (κ2) is 6.16. The van der Waals surface area contributed by atoms with Crippen molar-refractivity contribution in [3.05, 3.63) is 46.6 Å². The lowest BCUT2D eigenvalue weighted by atomic mass is 9.83. The van der Waals surface area contributed by atoms with Gasteiger partial charge >= 0.3 is 0 Å². The highest BCUT2D eigenvalue weighted by Gasteiger charge is 2.26. The zero-order chi connectivity index (χ0) is 14.8. The number of aromatic nitrogens is 2. The summed E-state index contributed by atoms with van der Waals surface area (Å²) in [5.74, 6) is 2.44. The Hall–Kier alpha value is -1.39. The minimum absolute atomic E-state index is 0.400. The lowest BCUT2D eigenvalue weighted by Gasteiger charge is -2.23. The fraction of sp³-hybridized carbons (Fsp3) is 0.500. The van der Waals surface area contributed by atoms with E-state index in [2.05, 4.69) is 17.1 Å². The molecular formula is C16H20ClN3O. The van der Waals surface area contributed by atoms with Gasteiger partial charge in [-0.05, 0) is 30.4 Å². The van der Waals surface area contributed by atoms with E-state index < -0.39 is 6.04 Å². The molecule has 5 heteroatoms. The molecule has 0 radical (unpaired) electrons. The van der Waals surface area contributed by atoms with Crippen LogP contribution in [0, 0.1) is 5.92 Å². The molecule has 21 heavy (non-hydrogen) atoms. The topological polar surface area (TPSA) is 64.9 Å². The summed E-state index contributed by atoms with van der Waals surface area (Å²) in [4.78, 5) is 4.51. The van der Waals surface area contributed by atoms with Crippen LogP contribution in [0.5, 0.6) is 0 Å². The van der Waals surface area contributed by atoms with Crippen molar-refractivity contribution in [3.63, 3.8) is 0 Å². The van der Waals surface area contributed by atoms with Gasteiger partial charge in [0.15, 0.2) is 5.82 Å². The van der Waals surface area contributed by atoms with Crippen LogP contribution in [-0.4, -0.2) is 10.1 Å². The van der Waals surface area contributed by atoms with Crippen LogP contribution in [0.25, 0.3) is 0 Å². The highest BCUT2D eigenvalue weighted by molar-refractivity contribution is 6.31. The predicted octanol–water partition coefficient (Wildman–Crippen LogP) is 4.06. The molecule has 1 aliphatic carbocycles. The molecule has 0 spiro atoms. The van der Waals surface area contributed by atoms with E-state index in [9.17, 15) is 0 Å². The number of rotatable bonds is 3. The Kier molecular flexibility index (Phi) is 4.27. The Bertz CT molecular complexity index is 605. The molecule has 1 aliphatic rings. The summed E-state index contributed by atoms with van der Waals surface area (Å²) in [5.41, 5.74) is 7.01. The van der Waals surface area contributed by atoms with Crippen LogP contribution in [0.15, 0.2) is 28.8 Å². The van der Waals surface area contributed by atoms with Gasteiger partial charge in [-0.2, -0.15) is 4.98 Å². The van der Waals surface area contributed by atoms with Crippen molar-refractivity contribution in [3.8, 4) is 0 Å². The van der Waals surface area contributed by atoms with Gasteiger partial charge in [0.05, 0.1) is 0 Å². The fourth-order valence-electron chi connectivity index (χ4n) is 2.92. The lowest BCUT2D eigenvalue weighted by Crippen LogP contribution is -2.14. The second-order valence-electron chi connectivity index (χ2n) is 5.95. The molecule has 112 valence electrons. The molecule has 0 bridgehead atoms. The SMILES string of the molecule is CC1CCC(c2noc([C@H](N)c3ccccc3Cl)n2)CC1. The largest absolute Gasteiger partial charge is 0.337 e. The first-order chi connectivity index (χ1) is 10.1. The van der Waals surface area contributed by atoms with E-state index in [4.69, 9.17) is 21.9 Å². The fourth-order valence-corrected chi connectivity index (χ4v) is 3.17. The van der Waals surface area contributed by atoms with Crippen LogP contribution in [0.2, 0.25) is 5.02 Å². The molecule has 2 N–H and O–H groups in total. The molecular weight excluding hydrogens is 286 g/mol. The number of hydrogen-bond acceptors (Lipinski definition) is 4. The van der Waals surface area contributed by atoms with E-state index in [-0.39, 0.29) is 0 Å². The van der Waals surface area contributed by atoms with Crippen LogP contribution < -0.4 is 5.73 Å². The molecule has 0 saturated heterocycles. The monoisotopic (exact) mass is 305 g/mol. The summed E-state index contributed by atoms with van der Waals surface area (Å²) in [7, 11) is 0. The van der Waals surface area contributed by atoms with Gasteiger partial charge in [0.1, 0.15) is 6.04 Å². The zero-order valence-electron chi connectivity index (χ0n) is 12.1. The number of nitrogens with two attached hydrogens (primary N) is 1. The lowest BCUT2D eigenvalue weighted by molar-refractivity contribution is 0.322. The van der Waals surface area contributed by atoms with E-state index in [1.54, 1.807) is 0 Å². The van der Waals surface area contributed by atoms with Crippen molar-refractivity contribution in [2.45, 2.75) is 44.6 Å². The Labute approximate surface area is 129 Å². The van der Waals surface area contributed by atoms with Crippen LogP contribution >= 0.6 is 11.6 Å². The van der Waals surface area contributed by atoms with Crippen molar-refractivity contribution in [2.75, 3.05) is 0 Å². The van der Waals surface area contributed by atoms with E-state index in [1.807, 2.05) is 24.3 Å². The molecule has 3 rings (SSSR count). The van der Waals surface area contributed by atoms with Crippen molar-refractivity contribution in [1.29, 1.82) is 0 Å². The molecule has 2 aromatic rings. The molecule has 1 fully saturated rings. The maximum Gasteiger partial charge on any atom is 0.248 e. The zero-order valence-corrected chi connectivity index (χ0v) is 12.9. The number of benzene rings is 1. The number of nitrogens with zero attached hydrogens (tertiary/aromatic N) is 2. The van der Waals surface area contributed by atoms with Gasteiger partial charge < -0.3 is 10.3 Å².